The number of para-hydroxylation sites is 1. The zero-order chi connectivity index (χ0) is 22.0. The Kier molecular flexibility index (Phi) is 5.77. The van der Waals surface area contributed by atoms with E-state index in [1.165, 1.54) is 12.3 Å². The number of rotatable bonds is 6. The molecule has 31 heavy (non-hydrogen) atoms. The number of amides is 2. The zero-order valence-electron chi connectivity index (χ0n) is 16.4. The summed E-state index contributed by atoms with van der Waals surface area (Å²) >= 11 is 1.08. The van der Waals surface area contributed by atoms with E-state index in [-0.39, 0.29) is 28.7 Å². The van der Waals surface area contributed by atoms with Crippen molar-refractivity contribution in [3.05, 3.63) is 71.2 Å². The van der Waals surface area contributed by atoms with Crippen LogP contribution >= 0.6 is 11.3 Å². The number of hydrogen-bond donors (Lipinski definition) is 3. The van der Waals surface area contributed by atoms with E-state index in [4.69, 9.17) is 0 Å². The van der Waals surface area contributed by atoms with Crippen molar-refractivity contribution in [1.82, 2.24) is 15.3 Å². The van der Waals surface area contributed by atoms with Crippen LogP contribution in [0.2, 0.25) is 0 Å². The Bertz CT molecular complexity index is 1270. The third kappa shape index (κ3) is 4.61. The van der Waals surface area contributed by atoms with Crippen LogP contribution in [0, 0.1) is 11.6 Å². The van der Waals surface area contributed by atoms with E-state index in [1.54, 1.807) is 6.20 Å². The second kappa shape index (κ2) is 8.65. The Morgan fingerprint density at radius 1 is 1.19 bits per heavy atom. The third-order valence-corrected chi connectivity index (χ3v) is 5.49. The van der Waals surface area contributed by atoms with Gasteiger partial charge in [-0.2, -0.15) is 0 Å². The van der Waals surface area contributed by atoms with Gasteiger partial charge in [0, 0.05) is 41.4 Å². The van der Waals surface area contributed by atoms with Gasteiger partial charge in [0.2, 0.25) is 11.8 Å². The molecule has 2 heterocycles. The molecule has 0 aliphatic rings. The van der Waals surface area contributed by atoms with E-state index >= 15 is 0 Å². The van der Waals surface area contributed by atoms with Gasteiger partial charge >= 0.3 is 0 Å². The number of aromatic amines is 1. The second-order valence-corrected chi connectivity index (χ2v) is 7.83. The Hall–Kier alpha value is -3.59. The van der Waals surface area contributed by atoms with E-state index < -0.39 is 23.6 Å². The maximum Gasteiger partial charge on any atom is 0.249 e. The summed E-state index contributed by atoms with van der Waals surface area (Å²) in [5, 5.41) is 8.03. The number of thiazole rings is 1. The van der Waals surface area contributed by atoms with Crippen molar-refractivity contribution in [1.29, 1.82) is 0 Å². The Labute approximate surface area is 180 Å². The van der Waals surface area contributed by atoms with Gasteiger partial charge < -0.3 is 15.6 Å². The third-order valence-electron chi connectivity index (χ3n) is 4.73. The summed E-state index contributed by atoms with van der Waals surface area (Å²) in [5.74, 6) is -2.00. The van der Waals surface area contributed by atoms with Crippen LogP contribution in [0.1, 0.15) is 12.5 Å². The van der Waals surface area contributed by atoms with Crippen molar-refractivity contribution in [2.24, 2.45) is 0 Å². The first-order chi connectivity index (χ1) is 14.9. The number of benzene rings is 2. The average Bonchev–Trinajstić information content (AvgIpc) is 3.36. The number of anilines is 1. The highest BCUT2D eigenvalue weighted by atomic mass is 32.1. The largest absolute Gasteiger partial charge is 0.361 e. The minimum atomic E-state index is -0.838. The van der Waals surface area contributed by atoms with Gasteiger partial charge in [0.1, 0.15) is 17.7 Å². The van der Waals surface area contributed by atoms with Gasteiger partial charge in [-0.3, -0.25) is 9.59 Å². The van der Waals surface area contributed by atoms with Crippen molar-refractivity contribution < 1.29 is 18.4 Å². The summed E-state index contributed by atoms with van der Waals surface area (Å²) in [5.41, 5.74) is 2.03. The van der Waals surface area contributed by atoms with E-state index in [9.17, 15) is 18.4 Å². The van der Waals surface area contributed by atoms with Crippen LogP contribution in [0.3, 0.4) is 0 Å². The molecule has 0 fully saturated rings. The molecule has 9 heteroatoms. The molecule has 4 rings (SSSR count). The molecule has 0 radical (unpaired) electrons. The molecule has 6 nitrogen and oxygen atoms in total. The molecule has 0 bridgehead atoms. The van der Waals surface area contributed by atoms with E-state index in [0.29, 0.717) is 0 Å². The predicted molar refractivity (Wildman–Crippen MR) is 116 cm³/mol. The molecule has 158 valence electrons. The van der Waals surface area contributed by atoms with Gasteiger partial charge in [0.25, 0.3) is 0 Å². The fourth-order valence-electron chi connectivity index (χ4n) is 3.32. The van der Waals surface area contributed by atoms with Crippen LogP contribution in [0.15, 0.2) is 54.0 Å². The van der Waals surface area contributed by atoms with Gasteiger partial charge in [-0.15, -0.1) is 11.3 Å². The van der Waals surface area contributed by atoms with Crippen molar-refractivity contribution in [3.63, 3.8) is 0 Å². The molecule has 1 unspecified atom stereocenters. The van der Waals surface area contributed by atoms with Crippen molar-refractivity contribution in [2.75, 3.05) is 5.32 Å². The highest BCUT2D eigenvalue weighted by Crippen LogP contribution is 2.28. The molecule has 2 amide bonds. The summed E-state index contributed by atoms with van der Waals surface area (Å²) in [4.78, 5) is 31.9. The molecule has 0 aliphatic heterocycles. The highest BCUT2D eigenvalue weighted by molar-refractivity contribution is 7.14. The molecule has 0 aliphatic carbocycles. The van der Waals surface area contributed by atoms with Crippen molar-refractivity contribution in [2.45, 2.75) is 19.4 Å². The first-order valence-corrected chi connectivity index (χ1v) is 10.3. The predicted octanol–water partition coefficient (Wildman–Crippen LogP) is 4.26. The lowest BCUT2D eigenvalue weighted by molar-refractivity contribution is -0.125. The smallest absolute Gasteiger partial charge is 0.249 e. The lowest BCUT2D eigenvalue weighted by Gasteiger charge is -2.16. The van der Waals surface area contributed by atoms with E-state index in [0.717, 1.165) is 46.0 Å². The summed E-state index contributed by atoms with van der Waals surface area (Å²) in [6.07, 6.45) is 2.08. The Morgan fingerprint density at radius 3 is 2.81 bits per heavy atom. The van der Waals surface area contributed by atoms with Gasteiger partial charge in [-0.1, -0.05) is 18.2 Å². The van der Waals surface area contributed by atoms with Crippen LogP contribution in [-0.4, -0.2) is 27.8 Å². The Morgan fingerprint density at radius 2 is 2.00 bits per heavy atom. The lowest BCUT2D eigenvalue weighted by Crippen LogP contribution is -2.44. The van der Waals surface area contributed by atoms with E-state index in [2.05, 4.69) is 20.6 Å². The van der Waals surface area contributed by atoms with Crippen molar-refractivity contribution >= 4 is 39.2 Å². The number of halogens is 2. The molecule has 2 aromatic carbocycles. The number of hydrogen-bond acceptors (Lipinski definition) is 4. The first kappa shape index (κ1) is 20.7. The van der Waals surface area contributed by atoms with Gasteiger partial charge in [-0.05, 0) is 29.8 Å². The summed E-state index contributed by atoms with van der Waals surface area (Å²) in [7, 11) is 0. The summed E-state index contributed by atoms with van der Waals surface area (Å²) in [6, 6.07) is 9.92. The number of nitrogens with one attached hydrogen (secondary N) is 3. The van der Waals surface area contributed by atoms with Crippen LogP contribution in [-0.2, 0) is 16.0 Å². The fourth-order valence-corrected chi connectivity index (χ4v) is 4.03. The first-order valence-electron chi connectivity index (χ1n) is 9.44. The quantitative estimate of drug-likeness (QED) is 0.419. The maximum atomic E-state index is 14.0. The van der Waals surface area contributed by atoms with Crippen LogP contribution < -0.4 is 10.6 Å². The monoisotopic (exact) mass is 440 g/mol. The molecule has 0 spiro atoms. The summed E-state index contributed by atoms with van der Waals surface area (Å²) < 4.78 is 27.5. The molecule has 2 aromatic heterocycles. The second-order valence-electron chi connectivity index (χ2n) is 6.97. The maximum absolute atomic E-state index is 14.0. The van der Waals surface area contributed by atoms with Crippen LogP contribution in [0.5, 0.6) is 0 Å². The van der Waals surface area contributed by atoms with Crippen LogP contribution in [0.25, 0.3) is 22.2 Å². The number of carbonyl (C=O) groups excluding carboxylic acids is 2. The molecule has 3 N–H and O–H groups in total. The minimum absolute atomic E-state index is 0.00829. The van der Waals surface area contributed by atoms with Crippen LogP contribution in [0.4, 0.5) is 13.9 Å². The number of H-pyrrole nitrogens is 1. The average molecular weight is 440 g/mol. The topological polar surface area (TPSA) is 86.9 Å². The molecule has 0 saturated heterocycles. The lowest BCUT2D eigenvalue weighted by atomic mass is 10.0. The Balaban J connectivity index is 1.54. The van der Waals surface area contributed by atoms with Gasteiger partial charge in [0.05, 0.1) is 5.69 Å². The fraction of sp³-hybridized carbons (Fsp3) is 0.136. The molecule has 0 saturated carbocycles. The number of fused-ring (bicyclic) bond motifs is 1. The number of nitrogens with zero attached hydrogens (tertiary/aromatic N) is 1. The molecular weight excluding hydrogens is 422 g/mol. The molecular formula is C22H18F2N4O2S. The molecule has 1 atom stereocenters. The molecule has 4 aromatic rings. The minimum Gasteiger partial charge on any atom is -0.361 e. The normalized spacial score (nSPS) is 12.0. The van der Waals surface area contributed by atoms with Gasteiger partial charge in [0.15, 0.2) is 5.13 Å². The highest BCUT2D eigenvalue weighted by Gasteiger charge is 2.23. The summed E-state index contributed by atoms with van der Waals surface area (Å²) in [6.45, 7) is 1.34. The zero-order valence-corrected chi connectivity index (χ0v) is 17.2. The SMILES string of the molecule is CC(=O)NC(Cc1c[nH]c2ccccc12)C(=O)Nc1nc(-c2cc(F)ccc2F)cs1. The van der Waals surface area contributed by atoms with Gasteiger partial charge in [-0.25, -0.2) is 13.8 Å². The number of carbonyl (C=O) groups is 2. The standard InChI is InChI=1S/C22H18F2N4O2S/c1-12(29)26-19(8-13-10-25-18-5-3-2-4-15(13)18)21(30)28-22-27-20(11-31-22)16-9-14(23)6-7-17(16)24/h2-7,9-11,19,25H,8H2,1H3,(H,26,29)(H,27,28,30). The van der Waals surface area contributed by atoms with Crippen molar-refractivity contribution in [3.8, 4) is 11.3 Å². The van der Waals surface area contributed by atoms with E-state index in [1.807, 2.05) is 24.3 Å². The number of aromatic nitrogens is 2.